The van der Waals surface area contributed by atoms with Gasteiger partial charge >= 0.3 is 0 Å². The van der Waals surface area contributed by atoms with Gasteiger partial charge in [-0.2, -0.15) is 0 Å². The van der Waals surface area contributed by atoms with E-state index in [1.165, 1.54) is 0 Å². The van der Waals surface area contributed by atoms with E-state index in [2.05, 4.69) is 5.32 Å². The molecule has 4 heteroatoms. The third-order valence-corrected chi connectivity index (χ3v) is 2.59. The lowest BCUT2D eigenvalue weighted by Gasteiger charge is -2.30. The Morgan fingerprint density at radius 2 is 2.25 bits per heavy atom. The van der Waals surface area contributed by atoms with Gasteiger partial charge in [-0.1, -0.05) is 0 Å². The predicted molar refractivity (Wildman–Crippen MR) is 47.3 cm³/mol. The number of nitrogens with one attached hydrogen (secondary N) is 1. The van der Waals surface area contributed by atoms with Crippen LogP contribution in [-0.2, 0) is 9.53 Å². The van der Waals surface area contributed by atoms with Crippen molar-refractivity contribution < 1.29 is 9.53 Å². The summed E-state index contributed by atoms with van der Waals surface area (Å²) in [6.45, 7) is 4.91. The van der Waals surface area contributed by atoms with Crippen LogP contribution in [0, 0.1) is 5.41 Å². The van der Waals surface area contributed by atoms with E-state index in [1.54, 1.807) is 0 Å². The molecular formula is C8H14ClNO2. The van der Waals surface area contributed by atoms with Crippen LogP contribution in [0.2, 0.25) is 0 Å². The quantitative estimate of drug-likeness (QED) is 0.670. The second-order valence-corrected chi connectivity index (χ2v) is 3.99. The first-order valence-electron chi connectivity index (χ1n) is 4.01. The molecule has 1 rings (SSSR count). The van der Waals surface area contributed by atoms with Crippen LogP contribution in [0.5, 0.6) is 0 Å². The molecule has 3 nitrogen and oxygen atoms in total. The Bertz CT molecular complexity index is 178. The molecule has 0 bridgehead atoms. The van der Waals surface area contributed by atoms with Crippen molar-refractivity contribution in [3.05, 3.63) is 0 Å². The summed E-state index contributed by atoms with van der Waals surface area (Å²) < 4.78 is 4.93. The lowest BCUT2D eigenvalue weighted by molar-refractivity contribution is -0.132. The topological polar surface area (TPSA) is 38.3 Å². The van der Waals surface area contributed by atoms with Crippen LogP contribution in [0.3, 0.4) is 0 Å². The summed E-state index contributed by atoms with van der Waals surface area (Å²) in [7, 11) is 0. The van der Waals surface area contributed by atoms with E-state index in [4.69, 9.17) is 16.3 Å². The zero-order valence-electron chi connectivity index (χ0n) is 7.39. The van der Waals surface area contributed by atoms with Crippen molar-refractivity contribution in [3.8, 4) is 0 Å². The minimum atomic E-state index is -0.475. The van der Waals surface area contributed by atoms with E-state index >= 15 is 0 Å². The second kappa shape index (κ2) is 3.62. The van der Waals surface area contributed by atoms with Gasteiger partial charge in [0.25, 0.3) is 0 Å². The molecule has 70 valence electrons. The van der Waals surface area contributed by atoms with E-state index in [0.717, 1.165) is 0 Å². The van der Waals surface area contributed by atoms with E-state index in [9.17, 15) is 4.79 Å². The highest BCUT2D eigenvalue weighted by atomic mass is 35.5. The summed E-state index contributed by atoms with van der Waals surface area (Å²) in [5.41, 5.74) is -0.475. The molecule has 1 fully saturated rings. The van der Waals surface area contributed by atoms with Gasteiger partial charge in [-0.25, -0.2) is 0 Å². The zero-order valence-corrected chi connectivity index (χ0v) is 8.15. The van der Waals surface area contributed by atoms with E-state index in [-0.39, 0.29) is 11.9 Å². The summed E-state index contributed by atoms with van der Waals surface area (Å²) in [4.78, 5) is 11.4. The number of alkyl halides is 1. The summed E-state index contributed by atoms with van der Waals surface area (Å²) in [5, 5.41) is 2.86. The molecule has 0 atom stereocenters. The van der Waals surface area contributed by atoms with Gasteiger partial charge in [-0.15, -0.1) is 11.6 Å². The highest BCUT2D eigenvalue weighted by Gasteiger charge is 2.30. The lowest BCUT2D eigenvalue weighted by Crippen LogP contribution is -2.52. The van der Waals surface area contributed by atoms with Crippen molar-refractivity contribution in [2.45, 2.75) is 19.9 Å². The average molecular weight is 192 g/mol. The van der Waals surface area contributed by atoms with Crippen molar-refractivity contribution in [1.29, 1.82) is 0 Å². The Balaban J connectivity index is 2.35. The molecule has 0 saturated carbocycles. The smallest absolute Gasteiger partial charge is 0.227 e. The first kappa shape index (κ1) is 9.81. The minimum Gasteiger partial charge on any atom is -0.377 e. The maximum Gasteiger partial charge on any atom is 0.227 e. The highest BCUT2D eigenvalue weighted by Crippen LogP contribution is 2.17. The van der Waals surface area contributed by atoms with Crippen molar-refractivity contribution in [1.82, 2.24) is 5.32 Å². The van der Waals surface area contributed by atoms with E-state index in [1.807, 2.05) is 13.8 Å². The van der Waals surface area contributed by atoms with Crippen LogP contribution in [0.15, 0.2) is 0 Å². The third-order valence-electron chi connectivity index (χ3n) is 1.92. The fraction of sp³-hybridized carbons (Fsp3) is 0.875. The number of amides is 1. The first-order valence-corrected chi connectivity index (χ1v) is 4.54. The zero-order chi connectivity index (χ0) is 9.19. The summed E-state index contributed by atoms with van der Waals surface area (Å²) >= 11 is 5.64. The fourth-order valence-corrected chi connectivity index (χ4v) is 0.882. The Hall–Kier alpha value is -0.280. The molecule has 0 radical (unpaired) electrons. The molecular weight excluding hydrogens is 178 g/mol. The van der Waals surface area contributed by atoms with Crippen LogP contribution in [-0.4, -0.2) is 31.0 Å². The Morgan fingerprint density at radius 1 is 1.67 bits per heavy atom. The molecule has 1 aliphatic rings. The summed E-state index contributed by atoms with van der Waals surface area (Å²) in [5.74, 6) is 0.345. The normalized spacial score (nSPS) is 18.6. The maximum absolute atomic E-state index is 11.4. The number of hydrogen-bond acceptors (Lipinski definition) is 2. The first-order chi connectivity index (χ1) is 5.56. The number of carbonyl (C=O) groups excluding carboxylic acids is 1. The molecule has 1 aliphatic heterocycles. The Labute approximate surface area is 77.4 Å². The van der Waals surface area contributed by atoms with Crippen LogP contribution >= 0.6 is 11.6 Å². The molecule has 1 amide bonds. The van der Waals surface area contributed by atoms with Gasteiger partial charge in [0, 0.05) is 5.88 Å². The third kappa shape index (κ3) is 2.11. The SMILES string of the molecule is CC(C)(CCl)C(=O)NC1COC1. The number of ether oxygens (including phenoxy) is 1. The highest BCUT2D eigenvalue weighted by molar-refractivity contribution is 6.19. The minimum absolute atomic E-state index is 0.00537. The number of rotatable bonds is 3. The van der Waals surface area contributed by atoms with Gasteiger partial charge in [0.2, 0.25) is 5.91 Å². The summed E-state index contributed by atoms with van der Waals surface area (Å²) in [6.07, 6.45) is 0. The second-order valence-electron chi connectivity index (χ2n) is 3.73. The van der Waals surface area contributed by atoms with Crippen LogP contribution in [0.4, 0.5) is 0 Å². The lowest BCUT2D eigenvalue weighted by atomic mass is 9.95. The van der Waals surface area contributed by atoms with Gasteiger partial charge in [0.05, 0.1) is 24.7 Å². The van der Waals surface area contributed by atoms with E-state index in [0.29, 0.717) is 19.1 Å². The van der Waals surface area contributed by atoms with Crippen LogP contribution < -0.4 is 5.32 Å². The van der Waals surface area contributed by atoms with Gasteiger partial charge in [-0.05, 0) is 13.8 Å². The number of hydrogen-bond donors (Lipinski definition) is 1. The molecule has 12 heavy (non-hydrogen) atoms. The molecule has 1 heterocycles. The van der Waals surface area contributed by atoms with Gasteiger partial charge < -0.3 is 10.1 Å². The summed E-state index contributed by atoms with van der Waals surface area (Å²) in [6, 6.07) is 0.194. The van der Waals surface area contributed by atoms with Gasteiger partial charge in [0.1, 0.15) is 0 Å². The molecule has 1 saturated heterocycles. The van der Waals surface area contributed by atoms with Gasteiger partial charge in [0.15, 0.2) is 0 Å². The Kier molecular flexibility index (Phi) is 2.96. The molecule has 1 N–H and O–H groups in total. The standard InChI is InChI=1S/C8H14ClNO2/c1-8(2,5-9)7(11)10-6-3-12-4-6/h6H,3-5H2,1-2H3,(H,10,11). The Morgan fingerprint density at radius 3 is 2.58 bits per heavy atom. The predicted octanol–water partition coefficient (Wildman–Crippen LogP) is 0.766. The van der Waals surface area contributed by atoms with E-state index < -0.39 is 5.41 Å². The van der Waals surface area contributed by atoms with Crippen molar-refractivity contribution in [2.75, 3.05) is 19.1 Å². The maximum atomic E-state index is 11.4. The fourth-order valence-electron chi connectivity index (χ4n) is 0.760. The van der Waals surface area contributed by atoms with Gasteiger partial charge in [-0.3, -0.25) is 4.79 Å². The molecule has 0 aromatic carbocycles. The van der Waals surface area contributed by atoms with Crippen LogP contribution in [0.25, 0.3) is 0 Å². The van der Waals surface area contributed by atoms with Crippen LogP contribution in [0.1, 0.15) is 13.8 Å². The molecule has 0 unspecified atom stereocenters. The van der Waals surface area contributed by atoms with Crippen molar-refractivity contribution in [3.63, 3.8) is 0 Å². The average Bonchev–Trinajstić information content (AvgIpc) is 1.96. The number of halogens is 1. The monoisotopic (exact) mass is 191 g/mol. The molecule has 0 spiro atoms. The van der Waals surface area contributed by atoms with Crippen molar-refractivity contribution in [2.24, 2.45) is 5.41 Å². The molecule has 0 aliphatic carbocycles. The number of carbonyl (C=O) groups is 1. The van der Waals surface area contributed by atoms with Crippen molar-refractivity contribution >= 4 is 17.5 Å². The largest absolute Gasteiger partial charge is 0.377 e. The molecule has 0 aromatic heterocycles. The molecule has 0 aromatic rings.